The van der Waals surface area contributed by atoms with Crippen LogP contribution in [-0.2, 0) is 27.1 Å². The molecule has 258 valence electrons. The smallest absolute Gasteiger partial charge is 0.417 e. The van der Waals surface area contributed by atoms with E-state index in [1.54, 1.807) is 30.3 Å². The first kappa shape index (κ1) is 36.7. The lowest BCUT2D eigenvalue weighted by atomic mass is 10.1. The minimum atomic E-state index is -4.83. The van der Waals surface area contributed by atoms with Gasteiger partial charge in [0.15, 0.2) is 11.9 Å². The molecule has 0 aliphatic rings. The summed E-state index contributed by atoms with van der Waals surface area (Å²) in [7, 11) is 0. The molecule has 2 aromatic carbocycles. The van der Waals surface area contributed by atoms with E-state index in [-0.39, 0.29) is 63.0 Å². The number of amides is 3. The Morgan fingerprint density at radius 1 is 0.854 bits per heavy atom. The Hall–Kier alpha value is -5.81. The molecule has 3 aromatic rings. The van der Waals surface area contributed by atoms with Crippen LogP contribution >= 0.6 is 0 Å². The number of nitrogens with one attached hydrogen (secondary N) is 7. The van der Waals surface area contributed by atoms with Gasteiger partial charge in [0.05, 0.1) is 5.56 Å². The molecule has 0 aliphatic carbocycles. The van der Waals surface area contributed by atoms with Crippen LogP contribution < -0.4 is 43.7 Å². The summed E-state index contributed by atoms with van der Waals surface area (Å²) in [6.45, 7) is 0.298. The van der Waals surface area contributed by atoms with E-state index in [0.29, 0.717) is 11.6 Å². The number of hydrogen-bond acceptors (Lipinski definition) is 8. The number of ether oxygens (including phenoxy) is 1. The Bertz CT molecular complexity index is 1670. The van der Waals surface area contributed by atoms with E-state index in [4.69, 9.17) is 31.4 Å². The minimum absolute atomic E-state index is 0.00973. The number of fused-ring (bicyclic) bond motifs is 1. The van der Waals surface area contributed by atoms with Crippen LogP contribution in [0.3, 0.4) is 0 Å². The normalized spacial score (nSPS) is 12.3. The van der Waals surface area contributed by atoms with Crippen molar-refractivity contribution in [2.45, 2.75) is 50.6 Å². The summed E-state index contributed by atoms with van der Waals surface area (Å²) >= 11 is 0. The molecular weight excluding hydrogens is 639 g/mol. The first-order chi connectivity index (χ1) is 22.7. The van der Waals surface area contributed by atoms with Gasteiger partial charge in [-0.3, -0.25) is 20.4 Å². The Kier molecular flexibility index (Phi) is 13.1. The molecule has 11 N–H and O–H groups in total. The fraction of sp³-hybridized carbons (Fsp3) is 0.333. The van der Waals surface area contributed by atoms with Gasteiger partial charge in [0.2, 0.25) is 11.8 Å². The highest BCUT2D eigenvalue weighted by Crippen LogP contribution is 2.34. The number of anilines is 1. The van der Waals surface area contributed by atoms with Gasteiger partial charge in [-0.05, 0) is 43.4 Å². The second-order valence-electron chi connectivity index (χ2n) is 10.5. The number of alkyl halides is 3. The van der Waals surface area contributed by atoms with E-state index in [9.17, 15) is 32.3 Å². The van der Waals surface area contributed by atoms with E-state index in [0.717, 1.165) is 12.1 Å². The standard InChI is InChI=1S/C30H36F3N9O6/c31-30(32,33)20-15-24(43)48-23-14-18(10-11-19(20)23)40-25(44)21(8-4-12-38-27(34)35)41-26(45)22(9-5-13-39-28(36)37)42-29(46)47-16-17-6-2-1-3-7-17/h1-3,6-7,10-11,14-15,21-22H,4-5,8-9,12-13,16H2,(H,40,44)(H,41,45)(H,42,46)(H4,34,35,38)(H4,36,37,39)/t21-,22-/m0/s1. The number of nitrogens with two attached hydrogens (primary N) is 2. The van der Waals surface area contributed by atoms with Crippen molar-refractivity contribution in [3.8, 4) is 0 Å². The van der Waals surface area contributed by atoms with Gasteiger partial charge in [-0.1, -0.05) is 30.3 Å². The predicted molar refractivity (Wildman–Crippen MR) is 170 cm³/mol. The highest BCUT2D eigenvalue weighted by molar-refractivity contribution is 5.99. The molecular formula is C30H36F3N9O6. The van der Waals surface area contributed by atoms with E-state index >= 15 is 0 Å². The Labute approximate surface area is 272 Å². The number of halogens is 3. The summed E-state index contributed by atoms with van der Waals surface area (Å²) in [6.07, 6.45) is -5.16. The molecule has 0 unspecified atom stereocenters. The van der Waals surface area contributed by atoms with Crippen molar-refractivity contribution in [1.29, 1.82) is 10.8 Å². The maximum Gasteiger partial charge on any atom is 0.417 e. The molecule has 0 saturated heterocycles. The molecule has 3 amide bonds. The van der Waals surface area contributed by atoms with Crippen LogP contribution in [0.1, 0.15) is 36.8 Å². The summed E-state index contributed by atoms with van der Waals surface area (Å²) in [4.78, 5) is 51.3. The van der Waals surface area contributed by atoms with Crippen molar-refractivity contribution in [2.24, 2.45) is 11.5 Å². The molecule has 0 aliphatic heterocycles. The summed E-state index contributed by atoms with van der Waals surface area (Å²) in [5.41, 5.74) is 8.45. The SMILES string of the molecule is N=C(N)NCCC[C@H](NC(=O)OCc1ccccc1)C(=O)N[C@@H](CCCNC(=N)N)C(=O)Nc1ccc2c(C(F)(F)F)cc(=O)oc2c1. The second-order valence-corrected chi connectivity index (χ2v) is 10.5. The van der Waals surface area contributed by atoms with Crippen LogP contribution in [0.4, 0.5) is 23.7 Å². The number of carbonyl (C=O) groups is 3. The molecule has 15 nitrogen and oxygen atoms in total. The number of carbonyl (C=O) groups excluding carboxylic acids is 3. The molecule has 1 aromatic heterocycles. The third kappa shape index (κ3) is 11.8. The van der Waals surface area contributed by atoms with E-state index in [1.165, 1.54) is 6.07 Å². The average molecular weight is 676 g/mol. The number of rotatable bonds is 15. The van der Waals surface area contributed by atoms with Gasteiger partial charge in [-0.2, -0.15) is 13.2 Å². The quantitative estimate of drug-likeness (QED) is 0.0491. The van der Waals surface area contributed by atoms with Crippen molar-refractivity contribution in [3.05, 3.63) is 76.1 Å². The van der Waals surface area contributed by atoms with Crippen LogP contribution in [0.2, 0.25) is 0 Å². The Morgan fingerprint density at radius 3 is 2.04 bits per heavy atom. The molecule has 48 heavy (non-hydrogen) atoms. The maximum absolute atomic E-state index is 13.5. The van der Waals surface area contributed by atoms with Crippen molar-refractivity contribution < 1.29 is 36.7 Å². The van der Waals surface area contributed by atoms with Gasteiger partial charge in [0, 0.05) is 36.3 Å². The molecule has 2 atom stereocenters. The summed E-state index contributed by atoms with van der Waals surface area (Å²) < 4.78 is 50.6. The van der Waals surface area contributed by atoms with Gasteiger partial charge in [0.25, 0.3) is 0 Å². The first-order valence-electron chi connectivity index (χ1n) is 14.6. The molecule has 1 heterocycles. The zero-order valence-corrected chi connectivity index (χ0v) is 25.5. The molecule has 0 spiro atoms. The maximum atomic E-state index is 13.5. The van der Waals surface area contributed by atoms with E-state index < -0.39 is 58.3 Å². The predicted octanol–water partition coefficient (Wildman–Crippen LogP) is 2.06. The van der Waals surface area contributed by atoms with Crippen molar-refractivity contribution in [3.63, 3.8) is 0 Å². The van der Waals surface area contributed by atoms with E-state index in [2.05, 4.69) is 26.6 Å². The third-order valence-electron chi connectivity index (χ3n) is 6.74. The van der Waals surface area contributed by atoms with Crippen LogP contribution in [-0.4, -0.2) is 55.0 Å². The number of alkyl carbamates (subject to hydrolysis) is 1. The van der Waals surface area contributed by atoms with Gasteiger partial charge in [-0.15, -0.1) is 0 Å². The van der Waals surface area contributed by atoms with Crippen LogP contribution in [0.25, 0.3) is 11.0 Å². The lowest BCUT2D eigenvalue weighted by Gasteiger charge is -2.23. The van der Waals surface area contributed by atoms with Gasteiger partial charge in [-0.25, -0.2) is 9.59 Å². The fourth-order valence-electron chi connectivity index (χ4n) is 4.48. The molecule has 3 rings (SSSR count). The van der Waals surface area contributed by atoms with Crippen LogP contribution in [0.15, 0.2) is 63.8 Å². The average Bonchev–Trinajstić information content (AvgIpc) is 3.02. The van der Waals surface area contributed by atoms with Crippen molar-refractivity contribution >= 4 is 46.5 Å². The molecule has 0 fully saturated rings. The summed E-state index contributed by atoms with van der Waals surface area (Å²) in [5.74, 6) is -2.13. The topological polar surface area (TPSA) is 251 Å². The minimum Gasteiger partial charge on any atom is -0.445 e. The monoisotopic (exact) mass is 675 g/mol. The second kappa shape index (κ2) is 17.2. The lowest BCUT2D eigenvalue weighted by molar-refractivity contribution is -0.136. The highest BCUT2D eigenvalue weighted by Gasteiger charge is 2.34. The fourth-order valence-corrected chi connectivity index (χ4v) is 4.48. The van der Waals surface area contributed by atoms with Gasteiger partial charge < -0.3 is 47.2 Å². The third-order valence-corrected chi connectivity index (χ3v) is 6.74. The van der Waals surface area contributed by atoms with Crippen molar-refractivity contribution in [2.75, 3.05) is 18.4 Å². The summed E-state index contributed by atoms with van der Waals surface area (Å²) in [6, 6.07) is 9.98. The zero-order valence-electron chi connectivity index (χ0n) is 25.5. The highest BCUT2D eigenvalue weighted by atomic mass is 19.4. The number of guanidine groups is 2. The number of hydrogen-bond donors (Lipinski definition) is 9. The Balaban J connectivity index is 1.78. The molecule has 0 saturated carbocycles. The van der Waals surface area contributed by atoms with E-state index in [1.807, 2.05) is 0 Å². The lowest BCUT2D eigenvalue weighted by Crippen LogP contribution is -2.53. The van der Waals surface area contributed by atoms with Crippen LogP contribution in [0.5, 0.6) is 0 Å². The Morgan fingerprint density at radius 2 is 1.46 bits per heavy atom. The zero-order chi connectivity index (χ0) is 35.3. The first-order valence-corrected chi connectivity index (χ1v) is 14.6. The van der Waals surface area contributed by atoms with Gasteiger partial charge >= 0.3 is 17.9 Å². The molecule has 18 heteroatoms. The van der Waals surface area contributed by atoms with Crippen LogP contribution in [0, 0.1) is 10.8 Å². The summed E-state index contributed by atoms with van der Waals surface area (Å²) in [5, 5.41) is 27.0. The largest absolute Gasteiger partial charge is 0.445 e. The van der Waals surface area contributed by atoms with Gasteiger partial charge in [0.1, 0.15) is 24.3 Å². The van der Waals surface area contributed by atoms with Crippen molar-refractivity contribution in [1.82, 2.24) is 21.3 Å². The molecule has 0 bridgehead atoms. The number of benzene rings is 2. The molecule has 0 radical (unpaired) electrons.